The molecule has 1 aromatic heterocycles. The van der Waals surface area contributed by atoms with Crippen molar-refractivity contribution in [3.8, 4) is 11.5 Å². The number of nitrogens with zero attached hydrogens (tertiary/aromatic N) is 1. The highest BCUT2D eigenvalue weighted by Gasteiger charge is 2.34. The van der Waals surface area contributed by atoms with E-state index in [1.165, 1.54) is 18.2 Å². The number of benzene rings is 3. The molecule has 1 amide bonds. The summed E-state index contributed by atoms with van der Waals surface area (Å²) in [5, 5.41) is 3.41. The van der Waals surface area contributed by atoms with Crippen LogP contribution in [0.4, 0.5) is 23.2 Å². The molecular formula is C23H14F4N2O2. The summed E-state index contributed by atoms with van der Waals surface area (Å²) in [6, 6.07) is 16.6. The van der Waals surface area contributed by atoms with Crippen LogP contribution >= 0.6 is 0 Å². The molecule has 0 aliphatic carbocycles. The molecule has 3 aromatic carbocycles. The molecule has 4 rings (SSSR count). The third-order valence-electron chi connectivity index (χ3n) is 4.47. The Balaban J connectivity index is 1.53. The summed E-state index contributed by atoms with van der Waals surface area (Å²) in [5.74, 6) is -2.32. The van der Waals surface area contributed by atoms with Crippen LogP contribution in [0.25, 0.3) is 10.9 Å². The standard InChI is InChI=1S/C23H14F4N2O2/c24-18-13-16(29-22(30)15-8-7-14-4-3-11-28-19(14)12-15)9-10-21(18)31-20-6-2-1-5-17(20)23(25,26)27/h1-13H,(H,29,30). The first kappa shape index (κ1) is 20.3. The lowest BCUT2D eigenvalue weighted by atomic mass is 10.1. The Morgan fingerprint density at radius 2 is 1.71 bits per heavy atom. The lowest BCUT2D eigenvalue weighted by Crippen LogP contribution is -2.12. The minimum atomic E-state index is -4.64. The van der Waals surface area contributed by atoms with Crippen molar-refractivity contribution >= 4 is 22.5 Å². The number of aromatic nitrogens is 1. The maximum Gasteiger partial charge on any atom is 0.419 e. The smallest absolute Gasteiger partial charge is 0.419 e. The van der Waals surface area contributed by atoms with Gasteiger partial charge < -0.3 is 10.1 Å². The Morgan fingerprint density at radius 3 is 2.48 bits per heavy atom. The van der Waals surface area contributed by atoms with E-state index >= 15 is 0 Å². The number of alkyl halides is 3. The maximum absolute atomic E-state index is 14.5. The molecule has 4 nitrogen and oxygen atoms in total. The number of carbonyl (C=O) groups excluding carboxylic acids is 1. The van der Waals surface area contributed by atoms with Gasteiger partial charge in [-0.3, -0.25) is 9.78 Å². The highest BCUT2D eigenvalue weighted by atomic mass is 19.4. The zero-order valence-electron chi connectivity index (χ0n) is 15.8. The van der Waals surface area contributed by atoms with Crippen LogP contribution in [0.5, 0.6) is 11.5 Å². The summed E-state index contributed by atoms with van der Waals surface area (Å²) in [6.45, 7) is 0. The van der Waals surface area contributed by atoms with Crippen LogP contribution in [0.1, 0.15) is 15.9 Å². The number of hydrogen-bond donors (Lipinski definition) is 1. The van der Waals surface area contributed by atoms with Gasteiger partial charge in [0.15, 0.2) is 11.6 Å². The first-order chi connectivity index (χ1) is 14.8. The average Bonchev–Trinajstić information content (AvgIpc) is 2.75. The van der Waals surface area contributed by atoms with Crippen LogP contribution in [0.2, 0.25) is 0 Å². The van der Waals surface area contributed by atoms with E-state index in [-0.39, 0.29) is 5.69 Å². The van der Waals surface area contributed by atoms with Crippen molar-refractivity contribution in [1.29, 1.82) is 0 Å². The van der Waals surface area contributed by atoms with E-state index in [2.05, 4.69) is 10.3 Å². The number of rotatable bonds is 4. The highest BCUT2D eigenvalue weighted by Crippen LogP contribution is 2.38. The number of anilines is 1. The van der Waals surface area contributed by atoms with Crippen LogP contribution in [-0.2, 0) is 6.18 Å². The molecule has 0 bridgehead atoms. The molecule has 0 atom stereocenters. The van der Waals surface area contributed by atoms with Gasteiger partial charge in [-0.05, 0) is 42.5 Å². The van der Waals surface area contributed by atoms with Crippen molar-refractivity contribution in [2.24, 2.45) is 0 Å². The van der Waals surface area contributed by atoms with Crippen LogP contribution in [0, 0.1) is 5.82 Å². The quantitative estimate of drug-likeness (QED) is 0.382. The number of hydrogen-bond acceptors (Lipinski definition) is 3. The van der Waals surface area contributed by atoms with Gasteiger partial charge in [-0.15, -0.1) is 0 Å². The lowest BCUT2D eigenvalue weighted by Gasteiger charge is -2.14. The third-order valence-corrected chi connectivity index (χ3v) is 4.47. The Bertz CT molecular complexity index is 1270. The summed E-state index contributed by atoms with van der Waals surface area (Å²) in [4.78, 5) is 16.7. The first-order valence-corrected chi connectivity index (χ1v) is 9.11. The van der Waals surface area contributed by atoms with Gasteiger partial charge in [-0.1, -0.05) is 24.3 Å². The van der Waals surface area contributed by atoms with Gasteiger partial charge in [-0.25, -0.2) is 4.39 Å². The summed E-state index contributed by atoms with van der Waals surface area (Å²) < 4.78 is 58.9. The molecule has 0 aliphatic rings. The lowest BCUT2D eigenvalue weighted by molar-refractivity contribution is -0.138. The Labute approximate surface area is 174 Å². The second kappa shape index (κ2) is 8.06. The van der Waals surface area contributed by atoms with Gasteiger partial charge >= 0.3 is 6.18 Å². The fourth-order valence-electron chi connectivity index (χ4n) is 2.98. The minimum absolute atomic E-state index is 0.125. The van der Waals surface area contributed by atoms with E-state index in [1.807, 2.05) is 6.07 Å². The fraction of sp³-hybridized carbons (Fsp3) is 0.0435. The van der Waals surface area contributed by atoms with Crippen LogP contribution in [0.3, 0.4) is 0 Å². The average molecular weight is 426 g/mol. The number of para-hydroxylation sites is 1. The summed E-state index contributed by atoms with van der Waals surface area (Å²) in [7, 11) is 0. The van der Waals surface area contributed by atoms with E-state index in [0.29, 0.717) is 11.1 Å². The normalized spacial score (nSPS) is 11.4. The maximum atomic E-state index is 14.5. The molecule has 0 spiro atoms. The second-order valence-corrected chi connectivity index (χ2v) is 6.61. The number of pyridine rings is 1. The van der Waals surface area contributed by atoms with E-state index < -0.39 is 35.0 Å². The Hall–Kier alpha value is -3.94. The summed E-state index contributed by atoms with van der Waals surface area (Å²) in [5.41, 5.74) is 0.0659. The van der Waals surface area contributed by atoms with Crippen molar-refractivity contribution < 1.29 is 27.1 Å². The van der Waals surface area contributed by atoms with Crippen molar-refractivity contribution in [2.75, 3.05) is 5.32 Å². The molecule has 0 saturated carbocycles. The number of fused-ring (bicyclic) bond motifs is 1. The molecular weight excluding hydrogens is 412 g/mol. The Morgan fingerprint density at radius 1 is 0.903 bits per heavy atom. The molecule has 0 radical (unpaired) electrons. The zero-order valence-corrected chi connectivity index (χ0v) is 15.8. The Kier molecular flexibility index (Phi) is 5.29. The van der Waals surface area contributed by atoms with E-state index in [1.54, 1.807) is 30.5 Å². The van der Waals surface area contributed by atoms with Gasteiger partial charge in [-0.2, -0.15) is 13.2 Å². The van der Waals surface area contributed by atoms with Crippen LogP contribution in [-0.4, -0.2) is 10.9 Å². The van der Waals surface area contributed by atoms with Gasteiger partial charge in [0.05, 0.1) is 11.1 Å². The molecule has 0 fully saturated rings. The molecule has 0 saturated heterocycles. The molecule has 0 unspecified atom stereocenters. The topological polar surface area (TPSA) is 51.2 Å². The first-order valence-electron chi connectivity index (χ1n) is 9.11. The number of halogens is 4. The largest absolute Gasteiger partial charge is 0.454 e. The van der Waals surface area contributed by atoms with Crippen molar-refractivity contribution in [3.63, 3.8) is 0 Å². The number of ether oxygens (including phenoxy) is 1. The van der Waals surface area contributed by atoms with Crippen LogP contribution in [0.15, 0.2) is 79.0 Å². The van der Waals surface area contributed by atoms with E-state index in [4.69, 9.17) is 4.74 Å². The molecule has 156 valence electrons. The fourth-order valence-corrected chi connectivity index (χ4v) is 2.98. The molecule has 1 N–H and O–H groups in total. The van der Waals surface area contributed by atoms with Crippen molar-refractivity contribution in [3.05, 3.63) is 95.9 Å². The van der Waals surface area contributed by atoms with E-state index in [9.17, 15) is 22.4 Å². The summed E-state index contributed by atoms with van der Waals surface area (Å²) >= 11 is 0. The molecule has 4 aromatic rings. The third kappa shape index (κ3) is 4.48. The second-order valence-electron chi connectivity index (χ2n) is 6.61. The predicted molar refractivity (Wildman–Crippen MR) is 108 cm³/mol. The van der Waals surface area contributed by atoms with Crippen molar-refractivity contribution in [1.82, 2.24) is 4.98 Å². The van der Waals surface area contributed by atoms with Gasteiger partial charge in [0, 0.05) is 28.9 Å². The number of carbonyl (C=O) groups is 1. The van der Waals surface area contributed by atoms with Gasteiger partial charge in [0.2, 0.25) is 0 Å². The van der Waals surface area contributed by atoms with Crippen LogP contribution < -0.4 is 10.1 Å². The molecule has 0 aliphatic heterocycles. The number of amides is 1. The summed E-state index contributed by atoms with van der Waals surface area (Å²) in [6.07, 6.45) is -3.04. The molecule has 1 heterocycles. The minimum Gasteiger partial charge on any atom is -0.454 e. The van der Waals surface area contributed by atoms with Crippen molar-refractivity contribution in [2.45, 2.75) is 6.18 Å². The SMILES string of the molecule is O=C(Nc1ccc(Oc2ccccc2C(F)(F)F)c(F)c1)c1ccc2cccnc2c1. The van der Waals surface area contributed by atoms with Gasteiger partial charge in [0.1, 0.15) is 5.75 Å². The molecule has 31 heavy (non-hydrogen) atoms. The van der Waals surface area contributed by atoms with E-state index in [0.717, 1.165) is 29.7 Å². The highest BCUT2D eigenvalue weighted by molar-refractivity contribution is 6.06. The molecule has 8 heteroatoms. The van der Waals surface area contributed by atoms with Gasteiger partial charge in [0.25, 0.3) is 5.91 Å². The number of nitrogens with one attached hydrogen (secondary N) is 1. The monoisotopic (exact) mass is 426 g/mol. The zero-order chi connectivity index (χ0) is 22.0. The predicted octanol–water partition coefficient (Wildman–Crippen LogP) is 6.44.